The van der Waals surface area contributed by atoms with Gasteiger partial charge in [0, 0.05) is 6.54 Å². The van der Waals surface area contributed by atoms with Crippen LogP contribution in [0.4, 0.5) is 11.8 Å². The van der Waals surface area contributed by atoms with Gasteiger partial charge in [0.1, 0.15) is 11.9 Å². The van der Waals surface area contributed by atoms with Gasteiger partial charge in [-0.15, -0.1) is 0 Å². The van der Waals surface area contributed by atoms with Crippen LogP contribution in [0.5, 0.6) is 0 Å². The lowest BCUT2D eigenvalue weighted by atomic mass is 10.3. The number of esters is 1. The van der Waals surface area contributed by atoms with Crippen molar-refractivity contribution in [2.24, 2.45) is 0 Å². The van der Waals surface area contributed by atoms with E-state index in [9.17, 15) is 4.79 Å². The van der Waals surface area contributed by atoms with Crippen LogP contribution in [-0.4, -0.2) is 45.3 Å². The van der Waals surface area contributed by atoms with Crippen molar-refractivity contribution < 1.29 is 9.53 Å². The van der Waals surface area contributed by atoms with Gasteiger partial charge in [0.25, 0.3) is 0 Å². The van der Waals surface area contributed by atoms with E-state index in [4.69, 9.17) is 4.74 Å². The van der Waals surface area contributed by atoms with Crippen LogP contribution in [0.15, 0.2) is 6.20 Å². The molecule has 0 aromatic carbocycles. The molecule has 0 bridgehead atoms. The number of carbonyl (C=O) groups is 1. The lowest BCUT2D eigenvalue weighted by Gasteiger charge is -2.14. The van der Waals surface area contributed by atoms with Gasteiger partial charge in [-0.05, 0) is 20.3 Å². The van der Waals surface area contributed by atoms with Crippen molar-refractivity contribution in [3.63, 3.8) is 0 Å². The van der Waals surface area contributed by atoms with Crippen molar-refractivity contribution in [2.45, 2.75) is 33.2 Å². The topological polar surface area (TPSA) is 105 Å². The number of aromatic nitrogens is 4. The molecule has 1 unspecified atom stereocenters. The first-order chi connectivity index (χ1) is 10.2. The summed E-state index contributed by atoms with van der Waals surface area (Å²) in [7, 11) is 0. The number of carbonyl (C=O) groups excluding carboxylic acids is 1. The molecule has 0 saturated carbocycles. The molecule has 2 aromatic heterocycles. The molecule has 2 heterocycles. The highest BCUT2D eigenvalue weighted by Gasteiger charge is 2.17. The molecule has 0 radical (unpaired) electrons. The number of rotatable bonds is 7. The highest BCUT2D eigenvalue weighted by atomic mass is 16.5. The first kappa shape index (κ1) is 15.0. The van der Waals surface area contributed by atoms with E-state index in [1.54, 1.807) is 20.0 Å². The van der Waals surface area contributed by atoms with Crippen LogP contribution >= 0.6 is 0 Å². The van der Waals surface area contributed by atoms with Gasteiger partial charge in [-0.1, -0.05) is 6.92 Å². The summed E-state index contributed by atoms with van der Waals surface area (Å²) in [6.07, 6.45) is 2.59. The zero-order chi connectivity index (χ0) is 15.2. The van der Waals surface area contributed by atoms with Crippen LogP contribution in [0, 0.1) is 0 Å². The Kier molecular flexibility index (Phi) is 4.91. The zero-order valence-corrected chi connectivity index (χ0v) is 12.4. The Labute approximate surface area is 122 Å². The number of anilines is 2. The first-order valence-electron chi connectivity index (χ1n) is 7.03. The summed E-state index contributed by atoms with van der Waals surface area (Å²) in [4.78, 5) is 20.4. The molecule has 2 aromatic rings. The minimum Gasteiger partial charge on any atom is -0.464 e. The molecule has 1 atom stereocenters. The lowest BCUT2D eigenvalue weighted by Crippen LogP contribution is -2.28. The second-order valence-corrected chi connectivity index (χ2v) is 4.57. The maximum Gasteiger partial charge on any atom is 0.328 e. The molecule has 114 valence electrons. The number of ether oxygens (including phenoxy) is 1. The molecule has 0 aliphatic carbocycles. The second-order valence-electron chi connectivity index (χ2n) is 4.57. The smallest absolute Gasteiger partial charge is 0.328 e. The molecular formula is C13H20N6O2. The zero-order valence-electron chi connectivity index (χ0n) is 12.4. The van der Waals surface area contributed by atoms with E-state index in [0.717, 1.165) is 18.4 Å². The number of hydrogen-bond donors (Lipinski definition) is 3. The van der Waals surface area contributed by atoms with Crippen molar-refractivity contribution in [1.82, 2.24) is 20.2 Å². The largest absolute Gasteiger partial charge is 0.464 e. The van der Waals surface area contributed by atoms with Crippen LogP contribution in [0.2, 0.25) is 0 Å². The number of H-pyrrole nitrogens is 1. The molecule has 21 heavy (non-hydrogen) atoms. The van der Waals surface area contributed by atoms with Crippen LogP contribution in [0.3, 0.4) is 0 Å². The normalized spacial score (nSPS) is 12.1. The summed E-state index contributed by atoms with van der Waals surface area (Å²) in [5.74, 6) is 0.718. The van der Waals surface area contributed by atoms with E-state index in [2.05, 4.69) is 37.7 Å². The van der Waals surface area contributed by atoms with Crippen LogP contribution in [0.25, 0.3) is 11.0 Å². The van der Waals surface area contributed by atoms with Crippen LogP contribution in [-0.2, 0) is 9.53 Å². The van der Waals surface area contributed by atoms with Gasteiger partial charge in [0.15, 0.2) is 5.65 Å². The SMILES string of the molecule is CCCNc1nc(NC(C)C(=O)OCC)c2cn[nH]c2n1. The van der Waals surface area contributed by atoms with E-state index in [-0.39, 0.29) is 5.97 Å². The standard InChI is InChI=1S/C13H20N6O2/c1-4-6-14-13-17-10(9-7-15-19-11(9)18-13)16-8(3)12(20)21-5-2/h7-8H,4-6H2,1-3H3,(H3,14,15,16,17,18,19). The van der Waals surface area contributed by atoms with Crippen molar-refractivity contribution >= 4 is 28.8 Å². The van der Waals surface area contributed by atoms with Gasteiger partial charge >= 0.3 is 5.97 Å². The molecule has 3 N–H and O–H groups in total. The molecule has 8 heteroatoms. The molecular weight excluding hydrogens is 272 g/mol. The van der Waals surface area contributed by atoms with Gasteiger partial charge in [0.2, 0.25) is 5.95 Å². The fraction of sp³-hybridized carbons (Fsp3) is 0.538. The Morgan fingerprint density at radius 3 is 2.95 bits per heavy atom. The third-order valence-corrected chi connectivity index (χ3v) is 2.84. The number of nitrogens with one attached hydrogen (secondary N) is 3. The fourth-order valence-electron chi connectivity index (χ4n) is 1.79. The van der Waals surface area contributed by atoms with Crippen molar-refractivity contribution in [1.29, 1.82) is 0 Å². The molecule has 0 fully saturated rings. The molecule has 0 spiro atoms. The number of hydrogen-bond acceptors (Lipinski definition) is 7. The molecule has 0 aliphatic rings. The maximum atomic E-state index is 11.7. The van der Waals surface area contributed by atoms with E-state index >= 15 is 0 Å². The van der Waals surface area contributed by atoms with Crippen molar-refractivity contribution in [3.05, 3.63) is 6.20 Å². The van der Waals surface area contributed by atoms with Gasteiger partial charge in [-0.2, -0.15) is 15.1 Å². The predicted octanol–water partition coefficient (Wildman–Crippen LogP) is 1.54. The summed E-state index contributed by atoms with van der Waals surface area (Å²) < 4.78 is 4.98. The highest BCUT2D eigenvalue weighted by molar-refractivity contribution is 5.89. The first-order valence-corrected chi connectivity index (χ1v) is 7.03. The highest BCUT2D eigenvalue weighted by Crippen LogP contribution is 2.20. The van der Waals surface area contributed by atoms with E-state index < -0.39 is 6.04 Å². The predicted molar refractivity (Wildman–Crippen MR) is 80.2 cm³/mol. The van der Waals surface area contributed by atoms with Crippen LogP contribution < -0.4 is 10.6 Å². The van der Waals surface area contributed by atoms with E-state index in [1.807, 2.05) is 0 Å². The molecule has 0 aliphatic heterocycles. The average molecular weight is 292 g/mol. The Bertz CT molecular complexity index is 612. The summed E-state index contributed by atoms with van der Waals surface area (Å²) in [6.45, 7) is 6.68. The third-order valence-electron chi connectivity index (χ3n) is 2.84. The minimum absolute atomic E-state index is 0.323. The second kappa shape index (κ2) is 6.87. The maximum absolute atomic E-state index is 11.7. The van der Waals surface area contributed by atoms with Crippen LogP contribution in [0.1, 0.15) is 27.2 Å². The van der Waals surface area contributed by atoms with Gasteiger partial charge < -0.3 is 15.4 Å². The van der Waals surface area contributed by atoms with E-state index in [0.29, 0.717) is 24.0 Å². The fourth-order valence-corrected chi connectivity index (χ4v) is 1.79. The summed E-state index contributed by atoms with van der Waals surface area (Å²) in [6, 6.07) is -0.503. The van der Waals surface area contributed by atoms with Crippen molar-refractivity contribution in [3.8, 4) is 0 Å². The summed E-state index contributed by atoms with van der Waals surface area (Å²) >= 11 is 0. The van der Waals surface area contributed by atoms with Gasteiger partial charge in [-0.3, -0.25) is 5.10 Å². The number of aromatic amines is 1. The molecule has 0 saturated heterocycles. The number of nitrogens with zero attached hydrogens (tertiary/aromatic N) is 3. The van der Waals surface area contributed by atoms with Gasteiger partial charge in [0.05, 0.1) is 18.2 Å². The Hall–Kier alpha value is -2.38. The average Bonchev–Trinajstić information content (AvgIpc) is 2.93. The van der Waals surface area contributed by atoms with Gasteiger partial charge in [-0.25, -0.2) is 4.79 Å². The Morgan fingerprint density at radius 1 is 1.43 bits per heavy atom. The van der Waals surface area contributed by atoms with E-state index in [1.165, 1.54) is 0 Å². The Morgan fingerprint density at radius 2 is 2.24 bits per heavy atom. The monoisotopic (exact) mass is 292 g/mol. The van der Waals surface area contributed by atoms with Crippen molar-refractivity contribution in [2.75, 3.05) is 23.8 Å². The molecule has 0 amide bonds. The number of fused-ring (bicyclic) bond motifs is 1. The minimum atomic E-state index is -0.503. The summed E-state index contributed by atoms with van der Waals surface area (Å²) in [5.41, 5.74) is 0.613. The Balaban J connectivity index is 2.24. The molecule has 8 nitrogen and oxygen atoms in total. The summed E-state index contributed by atoms with van der Waals surface area (Å²) in [5, 5.41) is 13.7. The third kappa shape index (κ3) is 3.59. The quantitative estimate of drug-likeness (QED) is 0.665. The molecule has 2 rings (SSSR count). The lowest BCUT2D eigenvalue weighted by molar-refractivity contribution is -0.143.